The molecule has 0 aliphatic heterocycles. The van der Waals surface area contributed by atoms with Crippen LogP contribution in [0, 0.1) is 11.8 Å². The number of aromatic nitrogens is 1. The lowest BCUT2D eigenvalue weighted by molar-refractivity contribution is 0.305. The summed E-state index contributed by atoms with van der Waals surface area (Å²) in [7, 11) is 0. The van der Waals surface area contributed by atoms with Crippen LogP contribution in [-0.2, 0) is 0 Å². The quantitative estimate of drug-likeness (QED) is 0.709. The Morgan fingerprint density at radius 3 is 2.93 bits per heavy atom. The average molecular weight is 197 g/mol. The van der Waals surface area contributed by atoms with Crippen LogP contribution in [0.5, 0.6) is 0 Å². The highest BCUT2D eigenvalue weighted by Crippen LogP contribution is 2.14. The van der Waals surface area contributed by atoms with Gasteiger partial charge in [0.25, 0.3) is 0 Å². The monoisotopic (exact) mass is 197 g/mol. The van der Waals surface area contributed by atoms with E-state index in [0.29, 0.717) is 6.42 Å². The van der Waals surface area contributed by atoms with Gasteiger partial charge in [0.1, 0.15) is 0 Å². The van der Waals surface area contributed by atoms with Crippen LogP contribution in [-0.4, -0.2) is 16.7 Å². The van der Waals surface area contributed by atoms with E-state index in [2.05, 4.69) is 16.8 Å². The first-order chi connectivity index (χ1) is 7.42. The van der Waals surface area contributed by atoms with Gasteiger partial charge in [-0.25, -0.2) is 0 Å². The van der Waals surface area contributed by atoms with Crippen molar-refractivity contribution in [3.63, 3.8) is 0 Å². The number of nitrogens with zero attached hydrogens (tertiary/aromatic N) is 1. The molecule has 0 atom stereocenters. The fraction of sp³-hybridized carbons (Fsp3) is 0.154. The number of fused-ring (bicyclic) bond motifs is 1. The molecule has 0 fully saturated rings. The van der Waals surface area contributed by atoms with E-state index in [-0.39, 0.29) is 6.61 Å². The molecule has 0 spiro atoms. The van der Waals surface area contributed by atoms with Crippen LogP contribution in [0.15, 0.2) is 36.5 Å². The maximum absolute atomic E-state index is 8.64. The Balaban J connectivity index is 2.48. The molecule has 0 bridgehead atoms. The summed E-state index contributed by atoms with van der Waals surface area (Å²) in [4.78, 5) is 4.29. The van der Waals surface area contributed by atoms with Gasteiger partial charge in [0.05, 0.1) is 17.7 Å². The third-order valence-corrected chi connectivity index (χ3v) is 2.09. The van der Waals surface area contributed by atoms with Crippen molar-refractivity contribution in [2.24, 2.45) is 0 Å². The fourth-order valence-corrected chi connectivity index (χ4v) is 1.42. The molecule has 0 aliphatic rings. The molecular weight excluding hydrogens is 186 g/mol. The van der Waals surface area contributed by atoms with E-state index in [4.69, 9.17) is 5.11 Å². The minimum absolute atomic E-state index is 0.102. The van der Waals surface area contributed by atoms with E-state index in [1.807, 2.05) is 30.3 Å². The smallest absolute Gasteiger partial charge is 0.0858 e. The van der Waals surface area contributed by atoms with Gasteiger partial charge in [0.2, 0.25) is 0 Å². The van der Waals surface area contributed by atoms with Gasteiger partial charge in [-0.2, -0.15) is 0 Å². The summed E-state index contributed by atoms with van der Waals surface area (Å²) >= 11 is 0. The lowest BCUT2D eigenvalue weighted by atomic mass is 10.1. The largest absolute Gasteiger partial charge is 0.395 e. The van der Waals surface area contributed by atoms with Crippen molar-refractivity contribution < 1.29 is 5.11 Å². The molecule has 0 unspecified atom stereocenters. The maximum atomic E-state index is 8.64. The first-order valence-corrected chi connectivity index (χ1v) is 4.85. The van der Waals surface area contributed by atoms with Crippen LogP contribution < -0.4 is 0 Å². The molecule has 15 heavy (non-hydrogen) atoms. The van der Waals surface area contributed by atoms with E-state index in [0.717, 1.165) is 16.5 Å². The molecular formula is C13H11NO. The number of rotatable bonds is 1. The second kappa shape index (κ2) is 4.59. The van der Waals surface area contributed by atoms with Gasteiger partial charge in [-0.1, -0.05) is 30.0 Å². The second-order valence-corrected chi connectivity index (χ2v) is 3.16. The first-order valence-electron chi connectivity index (χ1n) is 4.85. The normalized spacial score (nSPS) is 9.67. The SMILES string of the molecule is OCCC#Cc1cccc2cccnc12. The molecule has 0 saturated carbocycles. The minimum atomic E-state index is 0.102. The lowest BCUT2D eigenvalue weighted by Crippen LogP contribution is -1.83. The standard InChI is InChI=1S/C13H11NO/c15-10-2-1-5-11-6-3-7-12-8-4-9-14-13(11)12/h3-4,6-9,15H,2,10H2. The van der Waals surface area contributed by atoms with Crippen LogP contribution in [0.1, 0.15) is 12.0 Å². The predicted octanol–water partition coefficient (Wildman–Crippen LogP) is 1.97. The molecule has 1 heterocycles. The molecule has 2 nitrogen and oxygen atoms in total. The summed E-state index contributed by atoms with van der Waals surface area (Å²) in [6.45, 7) is 0.102. The zero-order valence-electron chi connectivity index (χ0n) is 8.27. The number of aliphatic hydroxyl groups excluding tert-OH is 1. The predicted molar refractivity (Wildman–Crippen MR) is 60.3 cm³/mol. The average Bonchev–Trinajstić information content (AvgIpc) is 2.30. The van der Waals surface area contributed by atoms with Crippen molar-refractivity contribution in [1.82, 2.24) is 4.98 Å². The highest BCUT2D eigenvalue weighted by atomic mass is 16.2. The Kier molecular flexibility index (Phi) is 2.96. The summed E-state index contributed by atoms with van der Waals surface area (Å²) < 4.78 is 0. The summed E-state index contributed by atoms with van der Waals surface area (Å²) in [5.41, 5.74) is 1.84. The molecule has 1 aromatic carbocycles. The van der Waals surface area contributed by atoms with Gasteiger partial charge in [-0.3, -0.25) is 4.98 Å². The van der Waals surface area contributed by atoms with Crippen LogP contribution in [0.3, 0.4) is 0 Å². The molecule has 74 valence electrons. The van der Waals surface area contributed by atoms with Gasteiger partial charge in [-0.05, 0) is 12.1 Å². The Morgan fingerprint density at radius 2 is 2.07 bits per heavy atom. The molecule has 2 aromatic rings. The van der Waals surface area contributed by atoms with E-state index < -0.39 is 0 Å². The summed E-state index contributed by atoms with van der Waals surface area (Å²) in [6.07, 6.45) is 2.27. The minimum Gasteiger partial charge on any atom is -0.395 e. The molecule has 0 aliphatic carbocycles. The third kappa shape index (κ3) is 2.15. The van der Waals surface area contributed by atoms with Crippen molar-refractivity contribution in [1.29, 1.82) is 0 Å². The van der Waals surface area contributed by atoms with Crippen molar-refractivity contribution in [3.05, 3.63) is 42.1 Å². The summed E-state index contributed by atoms with van der Waals surface area (Å²) in [6, 6.07) is 9.85. The highest BCUT2D eigenvalue weighted by Gasteiger charge is 1.97. The van der Waals surface area contributed by atoms with Crippen molar-refractivity contribution in [3.8, 4) is 11.8 Å². The lowest BCUT2D eigenvalue weighted by Gasteiger charge is -1.97. The molecule has 0 saturated heterocycles. The number of benzene rings is 1. The second-order valence-electron chi connectivity index (χ2n) is 3.16. The maximum Gasteiger partial charge on any atom is 0.0858 e. The van der Waals surface area contributed by atoms with Crippen molar-refractivity contribution in [2.75, 3.05) is 6.61 Å². The number of hydrogen-bond acceptors (Lipinski definition) is 2. The number of pyridine rings is 1. The highest BCUT2D eigenvalue weighted by molar-refractivity contribution is 5.84. The molecule has 2 rings (SSSR count). The van der Waals surface area contributed by atoms with E-state index in [9.17, 15) is 0 Å². The van der Waals surface area contributed by atoms with Crippen LogP contribution in [0.2, 0.25) is 0 Å². The van der Waals surface area contributed by atoms with E-state index >= 15 is 0 Å². The van der Waals surface area contributed by atoms with Crippen molar-refractivity contribution >= 4 is 10.9 Å². The van der Waals surface area contributed by atoms with Crippen molar-refractivity contribution in [2.45, 2.75) is 6.42 Å². The zero-order valence-corrected chi connectivity index (χ0v) is 8.27. The fourth-order valence-electron chi connectivity index (χ4n) is 1.42. The Labute approximate surface area is 88.6 Å². The number of hydrogen-bond donors (Lipinski definition) is 1. The zero-order chi connectivity index (χ0) is 10.5. The van der Waals surface area contributed by atoms with Gasteiger partial charge >= 0.3 is 0 Å². The Bertz CT molecular complexity index is 517. The van der Waals surface area contributed by atoms with E-state index in [1.54, 1.807) is 6.20 Å². The molecule has 0 radical (unpaired) electrons. The van der Waals surface area contributed by atoms with Gasteiger partial charge in [0, 0.05) is 18.0 Å². The topological polar surface area (TPSA) is 33.1 Å². The number of para-hydroxylation sites is 1. The van der Waals surface area contributed by atoms with Crippen LogP contribution >= 0.6 is 0 Å². The number of aliphatic hydroxyl groups is 1. The summed E-state index contributed by atoms with van der Waals surface area (Å²) in [5.74, 6) is 5.92. The molecule has 1 N–H and O–H groups in total. The van der Waals surface area contributed by atoms with E-state index in [1.165, 1.54) is 0 Å². The van der Waals surface area contributed by atoms with Gasteiger partial charge in [0.15, 0.2) is 0 Å². The molecule has 0 amide bonds. The molecule has 1 aromatic heterocycles. The summed E-state index contributed by atoms with van der Waals surface area (Å²) in [5, 5.41) is 9.73. The van der Waals surface area contributed by atoms with Gasteiger partial charge < -0.3 is 5.11 Å². The Hall–Kier alpha value is -1.85. The van der Waals surface area contributed by atoms with Crippen LogP contribution in [0.4, 0.5) is 0 Å². The molecule has 2 heteroatoms. The third-order valence-electron chi connectivity index (χ3n) is 2.09. The Morgan fingerprint density at radius 1 is 1.20 bits per heavy atom. The first kappa shape index (κ1) is 9.70. The van der Waals surface area contributed by atoms with Crippen LogP contribution in [0.25, 0.3) is 10.9 Å². The van der Waals surface area contributed by atoms with Gasteiger partial charge in [-0.15, -0.1) is 0 Å².